The highest BCUT2D eigenvalue weighted by atomic mass is 16.4. The number of amides is 8. The van der Waals surface area contributed by atoms with E-state index in [1.54, 1.807) is 27.7 Å². The number of aromatic hydroxyl groups is 1. The molecule has 1 aliphatic rings. The molecule has 0 aromatic heterocycles. The summed E-state index contributed by atoms with van der Waals surface area (Å²) in [5.74, 6) is -8.47. The number of phenolic OH excluding ortho intramolecular Hbond substituents is 1. The first kappa shape index (κ1) is 55.6. The molecule has 24 heteroatoms. The van der Waals surface area contributed by atoms with E-state index in [4.69, 9.17) is 22.9 Å². The van der Waals surface area contributed by atoms with E-state index < -0.39 is 120 Å². The number of primary amides is 1. The zero-order chi connectivity index (χ0) is 50.0. The molecule has 66 heavy (non-hydrogen) atoms. The number of phenols is 1. The SMILES string of the molecule is CC(C)CC(NC(=O)C(CCC(=O)O)N1CC(NC(=O)C(NC(=O)C(NC(=O)C(Cc2ccc(O)cc2)NC(=O)C(N)CCCN=C(N)N)C(C)O)C(C)C)CC1=O)C(=O)NC(C)C(N)=O. The Labute approximate surface area is 383 Å². The average molecular weight is 933 g/mol. The lowest BCUT2D eigenvalue weighted by Crippen LogP contribution is -2.61. The van der Waals surface area contributed by atoms with E-state index in [1.807, 2.05) is 0 Å². The highest BCUT2D eigenvalue weighted by molar-refractivity contribution is 5.97. The van der Waals surface area contributed by atoms with Crippen LogP contribution >= 0.6 is 0 Å². The van der Waals surface area contributed by atoms with E-state index in [9.17, 15) is 58.5 Å². The van der Waals surface area contributed by atoms with E-state index in [1.165, 1.54) is 38.1 Å². The van der Waals surface area contributed by atoms with Gasteiger partial charge in [0.15, 0.2) is 5.96 Å². The summed E-state index contributed by atoms with van der Waals surface area (Å²) in [6, 6.07) is -4.12. The van der Waals surface area contributed by atoms with Crippen LogP contribution in [0.15, 0.2) is 29.3 Å². The summed E-state index contributed by atoms with van der Waals surface area (Å²) in [5, 5.41) is 45.2. The fraction of sp³-hybridized carbons (Fsp3) is 0.619. The number of rotatable bonds is 27. The number of likely N-dealkylation sites (tertiary alicyclic amines) is 1. The van der Waals surface area contributed by atoms with Gasteiger partial charge in [-0.05, 0) is 69.1 Å². The Morgan fingerprint density at radius 1 is 0.773 bits per heavy atom. The smallest absolute Gasteiger partial charge is 0.303 e. The second-order valence-electron chi connectivity index (χ2n) is 17.2. The van der Waals surface area contributed by atoms with Gasteiger partial charge in [0, 0.05) is 32.4 Å². The zero-order valence-electron chi connectivity index (χ0n) is 38.2. The summed E-state index contributed by atoms with van der Waals surface area (Å²) in [6.07, 6.45) is -2.21. The topological polar surface area (TPSA) is 406 Å². The first-order valence-electron chi connectivity index (χ1n) is 21.7. The molecule has 1 fully saturated rings. The Bertz CT molecular complexity index is 1910. The lowest BCUT2D eigenvalue weighted by molar-refractivity contribution is -0.142. The van der Waals surface area contributed by atoms with Gasteiger partial charge in [-0.25, -0.2) is 0 Å². The predicted octanol–water partition coefficient (Wildman–Crippen LogP) is -3.72. The maximum atomic E-state index is 13.8. The fourth-order valence-electron chi connectivity index (χ4n) is 6.91. The molecule has 1 heterocycles. The molecule has 0 saturated carbocycles. The van der Waals surface area contributed by atoms with Gasteiger partial charge in [0.1, 0.15) is 42.0 Å². The van der Waals surface area contributed by atoms with Gasteiger partial charge in [0.2, 0.25) is 47.3 Å². The molecule has 9 unspecified atom stereocenters. The maximum absolute atomic E-state index is 13.8. The molecule has 0 bridgehead atoms. The lowest BCUT2D eigenvalue weighted by Gasteiger charge is -2.30. The van der Waals surface area contributed by atoms with Gasteiger partial charge in [-0.2, -0.15) is 0 Å². The van der Waals surface area contributed by atoms with Crippen LogP contribution in [0.1, 0.15) is 85.6 Å². The highest BCUT2D eigenvalue weighted by Crippen LogP contribution is 2.20. The molecule has 1 aromatic carbocycles. The number of aliphatic carboxylic acids is 1. The van der Waals surface area contributed by atoms with Gasteiger partial charge in [-0.15, -0.1) is 0 Å². The minimum absolute atomic E-state index is 0.0477. The van der Waals surface area contributed by atoms with Gasteiger partial charge in [-0.1, -0.05) is 39.8 Å². The Hall–Kier alpha value is -6.56. The van der Waals surface area contributed by atoms with Crippen LogP contribution in [0.4, 0.5) is 0 Å². The Balaban J connectivity index is 2.26. The summed E-state index contributed by atoms with van der Waals surface area (Å²) < 4.78 is 0. The van der Waals surface area contributed by atoms with E-state index in [0.29, 0.717) is 12.0 Å². The first-order chi connectivity index (χ1) is 30.8. The summed E-state index contributed by atoms with van der Waals surface area (Å²) in [6.45, 7) is 9.33. The van der Waals surface area contributed by atoms with Crippen LogP contribution in [-0.2, 0) is 49.6 Å². The first-order valence-corrected chi connectivity index (χ1v) is 21.7. The molecule has 0 spiro atoms. The lowest BCUT2D eigenvalue weighted by atomic mass is 10.0. The third-order valence-electron chi connectivity index (χ3n) is 10.6. The quantitative estimate of drug-likeness (QED) is 0.0229. The summed E-state index contributed by atoms with van der Waals surface area (Å²) in [7, 11) is 0. The van der Waals surface area contributed by atoms with Crippen molar-refractivity contribution >= 4 is 59.2 Å². The Morgan fingerprint density at radius 2 is 1.36 bits per heavy atom. The van der Waals surface area contributed by atoms with E-state index in [2.05, 4.69) is 36.9 Å². The van der Waals surface area contributed by atoms with Crippen LogP contribution in [0.2, 0.25) is 0 Å². The van der Waals surface area contributed by atoms with Crippen molar-refractivity contribution in [1.82, 2.24) is 36.8 Å². The Morgan fingerprint density at radius 3 is 1.91 bits per heavy atom. The van der Waals surface area contributed by atoms with Gasteiger partial charge in [0.25, 0.3) is 0 Å². The molecule has 0 radical (unpaired) electrons. The number of hydrogen-bond acceptors (Lipinski definition) is 13. The number of aliphatic imine (C=N–C) groups is 1. The van der Waals surface area contributed by atoms with Crippen LogP contribution in [0.25, 0.3) is 0 Å². The largest absolute Gasteiger partial charge is 0.508 e. The average Bonchev–Trinajstić information content (AvgIpc) is 3.58. The third-order valence-corrected chi connectivity index (χ3v) is 10.6. The second-order valence-corrected chi connectivity index (χ2v) is 17.2. The summed E-state index contributed by atoms with van der Waals surface area (Å²) >= 11 is 0. The monoisotopic (exact) mass is 933 g/mol. The van der Waals surface area contributed by atoms with Crippen molar-refractivity contribution in [1.29, 1.82) is 0 Å². The molecule has 1 saturated heterocycles. The molecule has 1 aliphatic heterocycles. The highest BCUT2D eigenvalue weighted by Gasteiger charge is 2.41. The molecule has 1 aromatic rings. The molecule has 24 nitrogen and oxygen atoms in total. The number of hydrogen-bond donors (Lipinski definition) is 13. The van der Waals surface area contributed by atoms with Crippen LogP contribution in [0, 0.1) is 11.8 Å². The van der Waals surface area contributed by atoms with Gasteiger partial charge in [0.05, 0.1) is 18.2 Å². The van der Waals surface area contributed by atoms with Crippen LogP contribution < -0.4 is 54.8 Å². The number of carboxylic acids is 1. The van der Waals surface area contributed by atoms with Crippen LogP contribution in [0.5, 0.6) is 5.75 Å². The molecule has 2 rings (SSSR count). The van der Waals surface area contributed by atoms with Crippen molar-refractivity contribution in [3.63, 3.8) is 0 Å². The van der Waals surface area contributed by atoms with Crippen molar-refractivity contribution in [2.24, 2.45) is 39.8 Å². The van der Waals surface area contributed by atoms with Crippen molar-refractivity contribution in [3.8, 4) is 5.75 Å². The van der Waals surface area contributed by atoms with Crippen LogP contribution in [0.3, 0.4) is 0 Å². The minimum Gasteiger partial charge on any atom is -0.508 e. The van der Waals surface area contributed by atoms with Gasteiger partial charge < -0.3 is 75.1 Å². The number of benzene rings is 1. The number of guanidine groups is 1. The molecular formula is C42H68N12O12. The van der Waals surface area contributed by atoms with E-state index >= 15 is 0 Å². The molecular weight excluding hydrogens is 865 g/mol. The van der Waals surface area contributed by atoms with E-state index in [0.717, 1.165) is 4.90 Å². The number of aliphatic hydroxyl groups excluding tert-OH is 1. The molecule has 0 aliphatic carbocycles. The summed E-state index contributed by atoms with van der Waals surface area (Å²) in [5.41, 5.74) is 22.6. The van der Waals surface area contributed by atoms with Crippen molar-refractivity contribution in [2.75, 3.05) is 13.1 Å². The third kappa shape index (κ3) is 18.5. The number of nitrogens with one attached hydrogen (secondary N) is 6. The van der Waals surface area contributed by atoms with E-state index in [-0.39, 0.29) is 62.8 Å². The number of carbonyl (C=O) groups excluding carboxylic acids is 8. The number of nitrogens with two attached hydrogens (primary N) is 4. The number of carbonyl (C=O) groups is 9. The molecule has 368 valence electrons. The second kappa shape index (κ2) is 26.4. The number of carboxylic acid groups (broad SMARTS) is 1. The fourth-order valence-corrected chi connectivity index (χ4v) is 6.91. The zero-order valence-corrected chi connectivity index (χ0v) is 38.2. The van der Waals surface area contributed by atoms with Crippen molar-refractivity contribution in [3.05, 3.63) is 29.8 Å². The molecule has 9 atom stereocenters. The standard InChI is InChI=1S/C42H68N12O12/c1-20(2)16-28(37(62)48-22(5)35(44)60)51-39(64)30(13-14-32(58)59)54-19-25(18-31(54)57)49-40(65)33(21(3)4)52-41(66)34(23(6)55)53-38(63)29(17-24-9-11-26(56)12-10-24)50-36(61)27(43)8-7-15-47-42(45)46/h9-12,20-23,25,27-30,33-34,55-56H,7-8,13-19,43H2,1-6H3,(H2,44,60)(H,48,62)(H,49,65)(H,50,61)(H,51,64)(H,52,66)(H,53,63)(H,58,59)(H4,45,46,47). The Kier molecular flexibility index (Phi) is 22.2. The maximum Gasteiger partial charge on any atom is 0.303 e. The van der Waals surface area contributed by atoms with Gasteiger partial charge >= 0.3 is 5.97 Å². The molecule has 17 N–H and O–H groups in total. The molecule has 8 amide bonds. The number of aliphatic hydroxyl groups is 1. The minimum atomic E-state index is -1.66. The van der Waals surface area contributed by atoms with Crippen molar-refractivity contribution in [2.45, 2.75) is 141 Å². The number of nitrogens with zero attached hydrogens (tertiary/aromatic N) is 2. The van der Waals surface area contributed by atoms with Crippen LogP contribution in [-0.4, -0.2) is 147 Å². The van der Waals surface area contributed by atoms with Crippen molar-refractivity contribution < 1.29 is 58.5 Å². The summed E-state index contributed by atoms with van der Waals surface area (Å²) in [4.78, 5) is 123. The predicted molar refractivity (Wildman–Crippen MR) is 239 cm³/mol. The normalized spacial score (nSPS) is 17.2. The van der Waals surface area contributed by atoms with Gasteiger partial charge in [-0.3, -0.25) is 48.1 Å².